The van der Waals surface area contributed by atoms with Crippen LogP contribution in [0, 0.1) is 0 Å². The van der Waals surface area contributed by atoms with Gasteiger partial charge in [-0.3, -0.25) is 9.69 Å². The first kappa shape index (κ1) is 17.5. The molecule has 2 N–H and O–H groups in total. The zero-order valence-corrected chi connectivity index (χ0v) is 13.7. The SMILES string of the molecule is O=C(Cc1cccc(Cl)c1Cl)NCC(O)CN1CCOCC1. The molecule has 7 heteroatoms. The van der Waals surface area contributed by atoms with E-state index < -0.39 is 6.10 Å². The third-order valence-electron chi connectivity index (χ3n) is 3.49. The van der Waals surface area contributed by atoms with Gasteiger partial charge in [-0.2, -0.15) is 0 Å². The molecule has 122 valence electrons. The summed E-state index contributed by atoms with van der Waals surface area (Å²) in [7, 11) is 0. The molecule has 0 aromatic heterocycles. The molecule has 0 bridgehead atoms. The van der Waals surface area contributed by atoms with Gasteiger partial charge in [-0.05, 0) is 11.6 Å². The Balaban J connectivity index is 1.73. The van der Waals surface area contributed by atoms with Crippen LogP contribution in [0.4, 0.5) is 0 Å². The van der Waals surface area contributed by atoms with Crippen LogP contribution in [-0.4, -0.2) is 61.4 Å². The summed E-state index contributed by atoms with van der Waals surface area (Å²) >= 11 is 12.0. The predicted molar refractivity (Wildman–Crippen MR) is 86.4 cm³/mol. The number of nitrogens with one attached hydrogen (secondary N) is 1. The van der Waals surface area contributed by atoms with Crippen LogP contribution in [0.3, 0.4) is 0 Å². The van der Waals surface area contributed by atoms with Crippen molar-refractivity contribution in [1.29, 1.82) is 0 Å². The zero-order chi connectivity index (χ0) is 15.9. The number of amides is 1. The first-order chi connectivity index (χ1) is 10.6. The number of benzene rings is 1. The number of ether oxygens (including phenoxy) is 1. The quantitative estimate of drug-likeness (QED) is 0.816. The van der Waals surface area contributed by atoms with E-state index in [4.69, 9.17) is 27.9 Å². The summed E-state index contributed by atoms with van der Waals surface area (Å²) in [4.78, 5) is 14.0. The number of rotatable bonds is 6. The average molecular weight is 347 g/mol. The van der Waals surface area contributed by atoms with Crippen LogP contribution in [0.25, 0.3) is 0 Å². The molecule has 1 atom stereocenters. The van der Waals surface area contributed by atoms with E-state index in [1.807, 2.05) is 0 Å². The molecule has 1 saturated heterocycles. The van der Waals surface area contributed by atoms with Gasteiger partial charge in [0.25, 0.3) is 0 Å². The topological polar surface area (TPSA) is 61.8 Å². The fourth-order valence-corrected chi connectivity index (χ4v) is 2.69. The largest absolute Gasteiger partial charge is 0.390 e. The number of carbonyl (C=O) groups is 1. The van der Waals surface area contributed by atoms with Gasteiger partial charge >= 0.3 is 0 Å². The van der Waals surface area contributed by atoms with Crippen molar-refractivity contribution in [1.82, 2.24) is 10.2 Å². The Kier molecular flexibility index (Phi) is 6.92. The van der Waals surface area contributed by atoms with E-state index in [0.717, 1.165) is 13.1 Å². The Bertz CT molecular complexity index is 508. The van der Waals surface area contributed by atoms with Crippen molar-refractivity contribution >= 4 is 29.1 Å². The van der Waals surface area contributed by atoms with E-state index in [-0.39, 0.29) is 18.9 Å². The zero-order valence-electron chi connectivity index (χ0n) is 12.2. The smallest absolute Gasteiger partial charge is 0.224 e. The lowest BCUT2D eigenvalue weighted by atomic mass is 10.1. The molecule has 1 aromatic carbocycles. The van der Waals surface area contributed by atoms with Crippen molar-refractivity contribution in [3.8, 4) is 0 Å². The summed E-state index contributed by atoms with van der Waals surface area (Å²) in [6.45, 7) is 3.74. The van der Waals surface area contributed by atoms with Gasteiger partial charge in [0.05, 0.1) is 35.8 Å². The van der Waals surface area contributed by atoms with Gasteiger partial charge < -0.3 is 15.2 Å². The Hall–Kier alpha value is -0.850. The average Bonchev–Trinajstić information content (AvgIpc) is 2.51. The lowest BCUT2D eigenvalue weighted by Gasteiger charge is -2.28. The number of hydrogen-bond donors (Lipinski definition) is 2. The van der Waals surface area contributed by atoms with E-state index >= 15 is 0 Å². The third-order valence-corrected chi connectivity index (χ3v) is 4.35. The maximum absolute atomic E-state index is 11.9. The molecule has 0 spiro atoms. The second-order valence-corrected chi connectivity index (χ2v) is 6.05. The molecule has 1 heterocycles. The van der Waals surface area contributed by atoms with Gasteiger partial charge in [-0.25, -0.2) is 0 Å². The number of hydrogen-bond acceptors (Lipinski definition) is 4. The predicted octanol–water partition coefficient (Wildman–Crippen LogP) is 1.35. The summed E-state index contributed by atoms with van der Waals surface area (Å²) in [6, 6.07) is 5.19. The van der Waals surface area contributed by atoms with Gasteiger partial charge in [0, 0.05) is 26.2 Å². The molecule has 0 radical (unpaired) electrons. The molecule has 0 saturated carbocycles. The summed E-state index contributed by atoms with van der Waals surface area (Å²) in [6.07, 6.45) is -0.458. The highest BCUT2D eigenvalue weighted by molar-refractivity contribution is 6.42. The van der Waals surface area contributed by atoms with Crippen molar-refractivity contribution in [3.63, 3.8) is 0 Å². The molecule has 1 aliphatic rings. The molecular formula is C15H20Cl2N2O3. The molecule has 2 rings (SSSR count). The van der Waals surface area contributed by atoms with Gasteiger partial charge in [0.1, 0.15) is 0 Å². The van der Waals surface area contributed by atoms with E-state index in [0.29, 0.717) is 35.4 Å². The second kappa shape index (κ2) is 8.70. The second-order valence-electron chi connectivity index (χ2n) is 5.26. The van der Waals surface area contributed by atoms with E-state index in [2.05, 4.69) is 10.2 Å². The third kappa shape index (κ3) is 5.41. The molecule has 0 aliphatic carbocycles. The highest BCUT2D eigenvalue weighted by Gasteiger charge is 2.16. The minimum Gasteiger partial charge on any atom is -0.390 e. The molecule has 22 heavy (non-hydrogen) atoms. The van der Waals surface area contributed by atoms with Crippen molar-refractivity contribution in [2.75, 3.05) is 39.4 Å². The lowest BCUT2D eigenvalue weighted by molar-refractivity contribution is -0.121. The minimum atomic E-state index is -0.600. The number of morpholine rings is 1. The number of β-amino-alcohol motifs (C(OH)–C–C–N with tert-alkyl or cyclic N) is 1. The van der Waals surface area contributed by atoms with Gasteiger partial charge in [-0.15, -0.1) is 0 Å². The number of nitrogens with zero attached hydrogens (tertiary/aromatic N) is 1. The van der Waals surface area contributed by atoms with Crippen LogP contribution >= 0.6 is 23.2 Å². The first-order valence-electron chi connectivity index (χ1n) is 7.24. The molecular weight excluding hydrogens is 327 g/mol. The highest BCUT2D eigenvalue weighted by Crippen LogP contribution is 2.25. The lowest BCUT2D eigenvalue weighted by Crippen LogP contribution is -2.44. The Morgan fingerprint density at radius 1 is 1.36 bits per heavy atom. The summed E-state index contributed by atoms with van der Waals surface area (Å²) in [5.41, 5.74) is 0.675. The van der Waals surface area contributed by atoms with Crippen molar-refractivity contribution in [3.05, 3.63) is 33.8 Å². The van der Waals surface area contributed by atoms with Crippen LogP contribution in [0.15, 0.2) is 18.2 Å². The summed E-state index contributed by atoms with van der Waals surface area (Å²) < 4.78 is 5.25. The minimum absolute atomic E-state index is 0.143. The Morgan fingerprint density at radius 3 is 2.82 bits per heavy atom. The van der Waals surface area contributed by atoms with Crippen LogP contribution in [-0.2, 0) is 16.0 Å². The number of carbonyl (C=O) groups excluding carboxylic acids is 1. The van der Waals surface area contributed by atoms with Crippen molar-refractivity contribution < 1.29 is 14.6 Å². The van der Waals surface area contributed by atoms with E-state index in [1.54, 1.807) is 18.2 Å². The fraction of sp³-hybridized carbons (Fsp3) is 0.533. The van der Waals surface area contributed by atoms with Gasteiger partial charge in [0.15, 0.2) is 0 Å². The summed E-state index contributed by atoms with van der Waals surface area (Å²) in [5.74, 6) is -0.190. The monoisotopic (exact) mass is 346 g/mol. The highest BCUT2D eigenvalue weighted by atomic mass is 35.5. The van der Waals surface area contributed by atoms with Gasteiger partial charge in [0.2, 0.25) is 5.91 Å². The maximum Gasteiger partial charge on any atom is 0.224 e. The van der Waals surface area contributed by atoms with Gasteiger partial charge in [-0.1, -0.05) is 35.3 Å². The van der Waals surface area contributed by atoms with Crippen molar-refractivity contribution in [2.45, 2.75) is 12.5 Å². The molecule has 1 aliphatic heterocycles. The number of aliphatic hydroxyl groups excluding tert-OH is 1. The van der Waals surface area contributed by atoms with E-state index in [9.17, 15) is 9.90 Å². The van der Waals surface area contributed by atoms with Crippen LogP contribution in [0.2, 0.25) is 10.0 Å². The maximum atomic E-state index is 11.9. The van der Waals surface area contributed by atoms with E-state index in [1.165, 1.54) is 0 Å². The van der Waals surface area contributed by atoms with Crippen molar-refractivity contribution in [2.24, 2.45) is 0 Å². The number of halogens is 2. The molecule has 1 aromatic rings. The van der Waals surface area contributed by atoms with Crippen LogP contribution in [0.1, 0.15) is 5.56 Å². The summed E-state index contributed by atoms with van der Waals surface area (Å²) in [5, 5.41) is 13.5. The Labute approximate surface area is 140 Å². The fourth-order valence-electron chi connectivity index (χ4n) is 2.30. The standard InChI is InChI=1S/C15H20Cl2N2O3/c16-13-3-1-2-11(15(13)17)8-14(21)18-9-12(20)10-19-4-6-22-7-5-19/h1-3,12,20H,4-10H2,(H,18,21). The number of aliphatic hydroxyl groups is 1. The molecule has 1 fully saturated rings. The first-order valence-corrected chi connectivity index (χ1v) is 7.99. The Morgan fingerprint density at radius 2 is 2.09 bits per heavy atom. The molecule has 1 amide bonds. The molecule has 1 unspecified atom stereocenters. The normalized spacial score (nSPS) is 17.2. The van der Waals surface area contributed by atoms with Crippen LogP contribution < -0.4 is 5.32 Å². The molecule has 5 nitrogen and oxygen atoms in total. The van der Waals surface area contributed by atoms with Crippen LogP contribution in [0.5, 0.6) is 0 Å².